The van der Waals surface area contributed by atoms with Gasteiger partial charge in [-0.2, -0.15) is 0 Å². The Morgan fingerprint density at radius 2 is 1.81 bits per heavy atom. The molecule has 0 aliphatic rings. The first-order valence-corrected chi connectivity index (χ1v) is 6.63. The van der Waals surface area contributed by atoms with Crippen LogP contribution in [0, 0.1) is 6.92 Å². The zero-order valence-electron chi connectivity index (χ0n) is 12.0. The van der Waals surface area contributed by atoms with Crippen molar-refractivity contribution < 1.29 is 14.0 Å². The third-order valence-corrected chi connectivity index (χ3v) is 2.82. The SMILES string of the molecule is CC(=O)NCCNC(=O)c1nc(-c2ccccc2)oc1C. The summed E-state index contributed by atoms with van der Waals surface area (Å²) in [5.41, 5.74) is 1.08. The number of aryl methyl sites for hydroxylation is 1. The normalized spacial score (nSPS) is 10.2. The van der Waals surface area contributed by atoms with Crippen molar-refractivity contribution in [1.29, 1.82) is 0 Å². The molecule has 0 unspecified atom stereocenters. The molecule has 0 aliphatic heterocycles. The monoisotopic (exact) mass is 287 g/mol. The molecule has 2 amide bonds. The van der Waals surface area contributed by atoms with Gasteiger partial charge in [-0.1, -0.05) is 18.2 Å². The highest BCUT2D eigenvalue weighted by Crippen LogP contribution is 2.21. The van der Waals surface area contributed by atoms with E-state index in [0.717, 1.165) is 5.56 Å². The number of aromatic nitrogens is 1. The molecule has 21 heavy (non-hydrogen) atoms. The van der Waals surface area contributed by atoms with Gasteiger partial charge in [0, 0.05) is 25.6 Å². The summed E-state index contributed by atoms with van der Waals surface area (Å²) in [6.07, 6.45) is 0. The Hall–Kier alpha value is -2.63. The molecule has 1 heterocycles. The molecule has 0 aliphatic carbocycles. The van der Waals surface area contributed by atoms with Crippen LogP contribution in [0.1, 0.15) is 23.2 Å². The van der Waals surface area contributed by atoms with Gasteiger partial charge in [-0.25, -0.2) is 4.98 Å². The summed E-state index contributed by atoms with van der Waals surface area (Å²) in [5.74, 6) is 0.433. The van der Waals surface area contributed by atoms with E-state index in [2.05, 4.69) is 15.6 Å². The fourth-order valence-electron chi connectivity index (χ4n) is 1.81. The summed E-state index contributed by atoms with van der Waals surface area (Å²) in [5, 5.41) is 5.28. The Balaban J connectivity index is 2.02. The van der Waals surface area contributed by atoms with Gasteiger partial charge in [0.1, 0.15) is 5.76 Å². The van der Waals surface area contributed by atoms with Crippen LogP contribution in [0.3, 0.4) is 0 Å². The lowest BCUT2D eigenvalue weighted by atomic mass is 10.2. The van der Waals surface area contributed by atoms with Crippen molar-refractivity contribution in [2.24, 2.45) is 0 Å². The van der Waals surface area contributed by atoms with E-state index in [1.807, 2.05) is 30.3 Å². The van der Waals surface area contributed by atoms with E-state index in [9.17, 15) is 9.59 Å². The van der Waals surface area contributed by atoms with Crippen LogP contribution in [-0.4, -0.2) is 29.9 Å². The fourth-order valence-corrected chi connectivity index (χ4v) is 1.81. The first-order chi connectivity index (χ1) is 10.1. The number of rotatable bonds is 5. The first kappa shape index (κ1) is 14.8. The van der Waals surface area contributed by atoms with Crippen molar-refractivity contribution in [2.45, 2.75) is 13.8 Å². The van der Waals surface area contributed by atoms with E-state index < -0.39 is 0 Å². The maximum absolute atomic E-state index is 12.0. The number of carbonyl (C=O) groups excluding carboxylic acids is 2. The molecule has 0 spiro atoms. The van der Waals surface area contributed by atoms with Crippen molar-refractivity contribution in [3.63, 3.8) is 0 Å². The van der Waals surface area contributed by atoms with E-state index in [4.69, 9.17) is 4.42 Å². The van der Waals surface area contributed by atoms with Gasteiger partial charge < -0.3 is 15.1 Å². The van der Waals surface area contributed by atoms with Crippen LogP contribution in [0.5, 0.6) is 0 Å². The van der Waals surface area contributed by atoms with Crippen LogP contribution < -0.4 is 10.6 Å². The minimum atomic E-state index is -0.316. The maximum Gasteiger partial charge on any atom is 0.273 e. The minimum absolute atomic E-state index is 0.131. The molecule has 1 aromatic heterocycles. The topological polar surface area (TPSA) is 84.2 Å². The number of amides is 2. The third-order valence-electron chi connectivity index (χ3n) is 2.82. The molecule has 0 atom stereocenters. The number of hydrogen-bond donors (Lipinski definition) is 2. The molecule has 0 radical (unpaired) electrons. The Kier molecular flexibility index (Phi) is 4.71. The highest BCUT2D eigenvalue weighted by molar-refractivity contribution is 5.93. The number of nitrogens with one attached hydrogen (secondary N) is 2. The summed E-state index contributed by atoms with van der Waals surface area (Å²) >= 11 is 0. The number of hydrogen-bond acceptors (Lipinski definition) is 4. The maximum atomic E-state index is 12.0. The van der Waals surface area contributed by atoms with Crippen LogP contribution in [0.2, 0.25) is 0 Å². The van der Waals surface area contributed by atoms with Gasteiger partial charge in [0.25, 0.3) is 5.91 Å². The van der Waals surface area contributed by atoms with Gasteiger partial charge >= 0.3 is 0 Å². The van der Waals surface area contributed by atoms with Crippen LogP contribution >= 0.6 is 0 Å². The second-order valence-electron chi connectivity index (χ2n) is 4.53. The Morgan fingerprint density at radius 1 is 1.14 bits per heavy atom. The Bertz CT molecular complexity index is 635. The number of oxazole rings is 1. The van der Waals surface area contributed by atoms with Gasteiger partial charge in [-0.05, 0) is 19.1 Å². The molecule has 0 saturated carbocycles. The summed E-state index contributed by atoms with van der Waals surface area (Å²) in [6, 6.07) is 9.38. The number of benzene rings is 1. The fraction of sp³-hybridized carbons (Fsp3) is 0.267. The van der Waals surface area contributed by atoms with Crippen molar-refractivity contribution >= 4 is 11.8 Å². The zero-order valence-corrected chi connectivity index (χ0v) is 12.0. The van der Waals surface area contributed by atoms with Crippen molar-refractivity contribution in [2.75, 3.05) is 13.1 Å². The summed E-state index contributed by atoms with van der Waals surface area (Å²) in [7, 11) is 0. The molecule has 2 N–H and O–H groups in total. The van der Waals surface area contributed by atoms with E-state index in [0.29, 0.717) is 24.7 Å². The highest BCUT2D eigenvalue weighted by atomic mass is 16.4. The number of carbonyl (C=O) groups is 2. The van der Waals surface area contributed by atoms with Gasteiger partial charge in [0.2, 0.25) is 11.8 Å². The van der Waals surface area contributed by atoms with Crippen LogP contribution in [0.15, 0.2) is 34.7 Å². The van der Waals surface area contributed by atoms with Gasteiger partial charge in [-0.15, -0.1) is 0 Å². The summed E-state index contributed by atoms with van der Waals surface area (Å²) in [4.78, 5) is 27.0. The summed E-state index contributed by atoms with van der Waals surface area (Å²) in [6.45, 7) is 3.84. The standard InChI is InChI=1S/C15H17N3O3/c1-10-13(14(20)17-9-8-16-11(2)19)18-15(21-10)12-6-4-3-5-7-12/h3-7H,8-9H2,1-2H3,(H,16,19)(H,17,20). The predicted molar refractivity (Wildman–Crippen MR) is 77.7 cm³/mol. The number of nitrogens with zero attached hydrogens (tertiary/aromatic N) is 1. The predicted octanol–water partition coefficient (Wildman–Crippen LogP) is 1.52. The van der Waals surface area contributed by atoms with Crippen molar-refractivity contribution in [1.82, 2.24) is 15.6 Å². The summed E-state index contributed by atoms with van der Waals surface area (Å²) < 4.78 is 5.52. The Labute approximate surface area is 122 Å². The third kappa shape index (κ3) is 3.92. The van der Waals surface area contributed by atoms with Gasteiger partial charge in [-0.3, -0.25) is 9.59 Å². The van der Waals surface area contributed by atoms with E-state index in [1.54, 1.807) is 6.92 Å². The zero-order chi connectivity index (χ0) is 15.2. The molecule has 6 nitrogen and oxygen atoms in total. The molecule has 2 aromatic rings. The molecule has 2 rings (SSSR count). The van der Waals surface area contributed by atoms with E-state index in [1.165, 1.54) is 6.92 Å². The molecule has 6 heteroatoms. The molecule has 0 saturated heterocycles. The van der Waals surface area contributed by atoms with Gasteiger partial charge in [0.15, 0.2) is 5.69 Å². The lowest BCUT2D eigenvalue weighted by Gasteiger charge is -2.03. The van der Waals surface area contributed by atoms with Crippen LogP contribution in [0.25, 0.3) is 11.5 Å². The lowest BCUT2D eigenvalue weighted by Crippen LogP contribution is -2.34. The highest BCUT2D eigenvalue weighted by Gasteiger charge is 2.17. The van der Waals surface area contributed by atoms with E-state index >= 15 is 0 Å². The average Bonchev–Trinajstić information content (AvgIpc) is 2.86. The average molecular weight is 287 g/mol. The van der Waals surface area contributed by atoms with Gasteiger partial charge in [0.05, 0.1) is 0 Å². The first-order valence-electron chi connectivity index (χ1n) is 6.63. The lowest BCUT2D eigenvalue weighted by molar-refractivity contribution is -0.118. The molecular formula is C15H17N3O3. The molecule has 110 valence electrons. The molecule has 0 fully saturated rings. The molecular weight excluding hydrogens is 270 g/mol. The van der Waals surface area contributed by atoms with Crippen molar-refractivity contribution in [3.05, 3.63) is 41.8 Å². The minimum Gasteiger partial charge on any atom is -0.441 e. The van der Waals surface area contributed by atoms with Crippen LogP contribution in [0.4, 0.5) is 0 Å². The molecule has 1 aromatic carbocycles. The van der Waals surface area contributed by atoms with E-state index in [-0.39, 0.29) is 17.5 Å². The quantitative estimate of drug-likeness (QED) is 0.816. The Morgan fingerprint density at radius 3 is 2.48 bits per heavy atom. The largest absolute Gasteiger partial charge is 0.441 e. The molecule has 0 bridgehead atoms. The second kappa shape index (κ2) is 6.69. The van der Waals surface area contributed by atoms with Crippen molar-refractivity contribution in [3.8, 4) is 11.5 Å². The smallest absolute Gasteiger partial charge is 0.273 e. The van der Waals surface area contributed by atoms with Crippen LogP contribution in [-0.2, 0) is 4.79 Å². The second-order valence-corrected chi connectivity index (χ2v) is 4.53.